The van der Waals surface area contributed by atoms with Gasteiger partial charge in [-0.1, -0.05) is 51.2 Å². The Balaban J connectivity index is 2.48. The van der Waals surface area contributed by atoms with E-state index in [2.05, 4.69) is 6.92 Å². The Kier molecular flexibility index (Phi) is 6.93. The zero-order chi connectivity index (χ0) is 15.0. The molecule has 1 aromatic rings. The van der Waals surface area contributed by atoms with E-state index in [9.17, 15) is 13.2 Å². The summed E-state index contributed by atoms with van der Waals surface area (Å²) in [4.78, 5) is 12.2. The smallest absolute Gasteiger partial charge is 0.175 e. The Labute approximate surface area is 122 Å². The zero-order valence-corrected chi connectivity index (χ0v) is 13.2. The van der Waals surface area contributed by atoms with Crippen molar-refractivity contribution in [1.29, 1.82) is 0 Å². The minimum absolute atomic E-state index is 0.0333. The van der Waals surface area contributed by atoms with Gasteiger partial charge in [0.05, 0.1) is 4.90 Å². The van der Waals surface area contributed by atoms with Gasteiger partial charge >= 0.3 is 0 Å². The van der Waals surface area contributed by atoms with Crippen LogP contribution in [0.25, 0.3) is 0 Å². The Hall–Kier alpha value is -1.16. The molecule has 0 atom stereocenters. The molecular weight excluding hydrogens is 272 g/mol. The first-order valence-corrected chi connectivity index (χ1v) is 9.17. The number of benzene rings is 1. The molecule has 1 rings (SSSR count). The Bertz CT molecular complexity index is 532. The van der Waals surface area contributed by atoms with Crippen molar-refractivity contribution in [1.82, 2.24) is 0 Å². The number of unbranched alkanes of at least 4 members (excludes halogenated alkanes) is 5. The van der Waals surface area contributed by atoms with Crippen LogP contribution in [0.15, 0.2) is 29.2 Å². The summed E-state index contributed by atoms with van der Waals surface area (Å²) in [6.45, 7) is 2.18. The normalized spacial score (nSPS) is 11.5. The van der Waals surface area contributed by atoms with Crippen LogP contribution in [0.2, 0.25) is 0 Å². The lowest BCUT2D eigenvalue weighted by Gasteiger charge is -2.04. The predicted molar refractivity (Wildman–Crippen MR) is 81.9 cm³/mol. The highest BCUT2D eigenvalue weighted by Crippen LogP contribution is 2.15. The highest BCUT2D eigenvalue weighted by Gasteiger charge is 2.11. The first-order chi connectivity index (χ1) is 9.45. The van der Waals surface area contributed by atoms with Gasteiger partial charge in [-0.05, 0) is 18.6 Å². The van der Waals surface area contributed by atoms with Crippen molar-refractivity contribution in [2.45, 2.75) is 56.8 Å². The van der Waals surface area contributed by atoms with Gasteiger partial charge in [-0.25, -0.2) is 8.42 Å². The predicted octanol–water partition coefficient (Wildman–Crippen LogP) is 4.02. The molecule has 0 aliphatic carbocycles. The van der Waals surface area contributed by atoms with Crippen molar-refractivity contribution >= 4 is 15.6 Å². The molecule has 0 aliphatic heterocycles. The number of carbonyl (C=O) groups is 1. The van der Waals surface area contributed by atoms with Gasteiger partial charge in [0.1, 0.15) is 0 Å². The molecule has 0 unspecified atom stereocenters. The van der Waals surface area contributed by atoms with E-state index in [0.29, 0.717) is 12.0 Å². The van der Waals surface area contributed by atoms with Gasteiger partial charge in [0, 0.05) is 18.2 Å². The van der Waals surface area contributed by atoms with Crippen LogP contribution in [0.4, 0.5) is 0 Å². The van der Waals surface area contributed by atoms with Crippen molar-refractivity contribution in [3.63, 3.8) is 0 Å². The van der Waals surface area contributed by atoms with Gasteiger partial charge in [0.2, 0.25) is 0 Å². The van der Waals surface area contributed by atoms with Crippen molar-refractivity contribution in [2.75, 3.05) is 6.26 Å². The third kappa shape index (κ3) is 5.87. The van der Waals surface area contributed by atoms with Crippen molar-refractivity contribution in [2.24, 2.45) is 0 Å². The van der Waals surface area contributed by atoms with Crippen molar-refractivity contribution < 1.29 is 13.2 Å². The van der Waals surface area contributed by atoms with E-state index in [0.717, 1.165) is 19.1 Å². The summed E-state index contributed by atoms with van der Waals surface area (Å²) in [5.74, 6) is 0.0333. The molecule has 0 heterocycles. The number of carbonyl (C=O) groups excluding carboxylic acids is 1. The van der Waals surface area contributed by atoms with Gasteiger partial charge in [-0.3, -0.25) is 4.79 Å². The minimum Gasteiger partial charge on any atom is -0.294 e. The molecule has 0 saturated heterocycles. The van der Waals surface area contributed by atoms with Gasteiger partial charge < -0.3 is 0 Å². The first-order valence-electron chi connectivity index (χ1n) is 7.28. The molecule has 0 bridgehead atoms. The summed E-state index contributed by atoms with van der Waals surface area (Å²) in [5.41, 5.74) is 0.501. The Morgan fingerprint density at radius 2 is 1.70 bits per heavy atom. The molecule has 0 fully saturated rings. The van der Waals surface area contributed by atoms with Gasteiger partial charge in [0.15, 0.2) is 15.6 Å². The van der Waals surface area contributed by atoms with Crippen LogP contribution >= 0.6 is 0 Å². The quantitative estimate of drug-likeness (QED) is 0.511. The molecule has 0 N–H and O–H groups in total. The molecule has 0 radical (unpaired) electrons. The minimum atomic E-state index is -3.25. The van der Waals surface area contributed by atoms with Crippen LogP contribution in [0.1, 0.15) is 62.2 Å². The number of Topliss-reactive ketones (excluding diaryl/α,β-unsaturated/α-hetero) is 1. The van der Waals surface area contributed by atoms with E-state index in [1.165, 1.54) is 37.8 Å². The van der Waals surface area contributed by atoms with E-state index in [4.69, 9.17) is 0 Å². The van der Waals surface area contributed by atoms with Crippen molar-refractivity contribution in [3.8, 4) is 0 Å². The number of rotatable bonds is 9. The summed E-state index contributed by atoms with van der Waals surface area (Å²) < 4.78 is 22.9. The largest absolute Gasteiger partial charge is 0.294 e. The monoisotopic (exact) mass is 296 g/mol. The molecule has 0 spiro atoms. The van der Waals surface area contributed by atoms with Crippen LogP contribution < -0.4 is 0 Å². The van der Waals surface area contributed by atoms with Crippen LogP contribution in [0, 0.1) is 0 Å². The Morgan fingerprint density at radius 1 is 1.05 bits per heavy atom. The fourth-order valence-electron chi connectivity index (χ4n) is 2.11. The fraction of sp³-hybridized carbons (Fsp3) is 0.562. The standard InChI is InChI=1S/C16H24O3S/c1-3-4-5-6-7-8-12-16(17)14-10-9-11-15(13-14)20(2,18)19/h9-11,13H,3-8,12H2,1-2H3. The third-order valence-electron chi connectivity index (χ3n) is 3.34. The van der Waals surface area contributed by atoms with Gasteiger partial charge in [-0.2, -0.15) is 0 Å². The lowest BCUT2D eigenvalue weighted by Crippen LogP contribution is -2.03. The van der Waals surface area contributed by atoms with Gasteiger partial charge in [-0.15, -0.1) is 0 Å². The van der Waals surface area contributed by atoms with Crippen LogP contribution in [0.3, 0.4) is 0 Å². The maximum absolute atomic E-state index is 12.0. The fourth-order valence-corrected chi connectivity index (χ4v) is 2.78. The third-order valence-corrected chi connectivity index (χ3v) is 4.45. The maximum atomic E-state index is 12.0. The number of hydrogen-bond acceptors (Lipinski definition) is 3. The molecule has 0 aromatic heterocycles. The molecule has 1 aromatic carbocycles. The van der Waals surface area contributed by atoms with Crippen LogP contribution in [-0.4, -0.2) is 20.5 Å². The zero-order valence-electron chi connectivity index (χ0n) is 12.4. The summed E-state index contributed by atoms with van der Waals surface area (Å²) in [6, 6.07) is 6.32. The average molecular weight is 296 g/mol. The molecule has 0 saturated carbocycles. The molecule has 0 aliphatic rings. The Morgan fingerprint density at radius 3 is 2.35 bits per heavy atom. The van der Waals surface area contributed by atoms with E-state index < -0.39 is 9.84 Å². The lowest BCUT2D eigenvalue weighted by atomic mass is 10.0. The molecule has 4 heteroatoms. The molecule has 20 heavy (non-hydrogen) atoms. The SMILES string of the molecule is CCCCCCCCC(=O)c1cccc(S(C)(=O)=O)c1. The van der Waals surface area contributed by atoms with Crippen LogP contribution in [-0.2, 0) is 9.84 Å². The average Bonchev–Trinajstić information content (AvgIpc) is 2.41. The van der Waals surface area contributed by atoms with E-state index in [-0.39, 0.29) is 10.7 Å². The molecule has 112 valence electrons. The second-order valence-corrected chi connectivity index (χ2v) is 7.26. The van der Waals surface area contributed by atoms with Crippen LogP contribution in [0.5, 0.6) is 0 Å². The lowest BCUT2D eigenvalue weighted by molar-refractivity contribution is 0.0979. The van der Waals surface area contributed by atoms with Gasteiger partial charge in [0.25, 0.3) is 0 Å². The maximum Gasteiger partial charge on any atom is 0.175 e. The van der Waals surface area contributed by atoms with Crippen molar-refractivity contribution in [3.05, 3.63) is 29.8 Å². The summed E-state index contributed by atoms with van der Waals surface area (Å²) in [5, 5.41) is 0. The summed E-state index contributed by atoms with van der Waals surface area (Å²) in [7, 11) is -3.25. The topological polar surface area (TPSA) is 51.2 Å². The molecular formula is C16H24O3S. The highest BCUT2D eigenvalue weighted by molar-refractivity contribution is 7.90. The number of ketones is 1. The number of sulfone groups is 1. The second-order valence-electron chi connectivity index (χ2n) is 5.24. The number of hydrogen-bond donors (Lipinski definition) is 0. The van der Waals surface area contributed by atoms with E-state index >= 15 is 0 Å². The second kappa shape index (κ2) is 8.20. The molecule has 0 amide bonds. The van der Waals surface area contributed by atoms with E-state index in [1.807, 2.05) is 0 Å². The van der Waals surface area contributed by atoms with E-state index in [1.54, 1.807) is 12.1 Å². The first kappa shape index (κ1) is 16.9. The summed E-state index contributed by atoms with van der Waals surface area (Å²) in [6.07, 6.45) is 8.48. The molecule has 3 nitrogen and oxygen atoms in total. The highest BCUT2D eigenvalue weighted by atomic mass is 32.2. The summed E-state index contributed by atoms with van der Waals surface area (Å²) >= 11 is 0.